The monoisotopic (exact) mass is 402 g/mol. The number of alkyl halides is 3. The van der Waals surface area contributed by atoms with Crippen LogP contribution in [-0.2, 0) is 6.18 Å². The summed E-state index contributed by atoms with van der Waals surface area (Å²) in [6, 6.07) is 9.85. The molecule has 0 radical (unpaired) electrons. The molecule has 0 heterocycles. The quantitative estimate of drug-likeness (QED) is 0.277. The van der Waals surface area contributed by atoms with Gasteiger partial charge >= 0.3 is 12.1 Å². The van der Waals surface area contributed by atoms with Gasteiger partial charge < -0.3 is 4.74 Å². The van der Waals surface area contributed by atoms with Gasteiger partial charge in [0.2, 0.25) is 0 Å². The van der Waals surface area contributed by atoms with Crippen LogP contribution < -0.4 is 4.74 Å². The van der Waals surface area contributed by atoms with Crippen LogP contribution >= 0.6 is 23.2 Å². The first-order valence-corrected chi connectivity index (χ1v) is 7.89. The molecule has 8 heteroatoms. The fraction of sp³-hybridized carbons (Fsp3) is 0.0556. The van der Waals surface area contributed by atoms with Crippen LogP contribution in [0.15, 0.2) is 48.5 Å². The predicted molar refractivity (Wildman–Crippen MR) is 90.3 cm³/mol. The van der Waals surface area contributed by atoms with Crippen LogP contribution in [0, 0.1) is 5.82 Å². The van der Waals surface area contributed by atoms with E-state index in [1.165, 1.54) is 6.07 Å². The summed E-state index contributed by atoms with van der Waals surface area (Å²) in [5.41, 5.74) is -1.85. The van der Waals surface area contributed by atoms with E-state index in [9.17, 15) is 22.4 Å². The smallest absolute Gasteiger partial charge is 0.419 e. The average Bonchev–Trinajstić information content (AvgIpc) is 2.57. The van der Waals surface area contributed by atoms with Gasteiger partial charge in [0.05, 0.1) is 21.2 Å². The third-order valence-electron chi connectivity index (χ3n) is 3.60. The first-order valence-electron chi connectivity index (χ1n) is 7.14. The fourth-order valence-corrected chi connectivity index (χ4v) is 2.98. The maximum atomic E-state index is 13.7. The van der Waals surface area contributed by atoms with Gasteiger partial charge in [-0.2, -0.15) is 13.2 Å². The molecule has 0 spiro atoms. The lowest BCUT2D eigenvalue weighted by molar-refractivity contribution is -0.140. The van der Waals surface area contributed by atoms with E-state index in [-0.39, 0.29) is 16.3 Å². The first kappa shape index (κ1) is 18.5. The molecule has 2 nitrogen and oxygen atoms in total. The fourth-order valence-electron chi connectivity index (χ4n) is 2.40. The van der Waals surface area contributed by atoms with Crippen LogP contribution in [0.3, 0.4) is 0 Å². The highest BCUT2D eigenvalue weighted by Crippen LogP contribution is 2.38. The third-order valence-corrected chi connectivity index (χ3v) is 4.20. The number of benzene rings is 3. The van der Waals surface area contributed by atoms with Crippen molar-refractivity contribution < 1.29 is 27.1 Å². The summed E-state index contributed by atoms with van der Waals surface area (Å²) in [6.45, 7) is 0. The summed E-state index contributed by atoms with van der Waals surface area (Å²) in [7, 11) is 0. The van der Waals surface area contributed by atoms with Crippen molar-refractivity contribution in [2.45, 2.75) is 6.18 Å². The second kappa shape index (κ2) is 6.78. The zero-order valence-electron chi connectivity index (χ0n) is 12.7. The maximum absolute atomic E-state index is 13.7. The summed E-state index contributed by atoms with van der Waals surface area (Å²) in [4.78, 5) is 12.2. The minimum absolute atomic E-state index is 0.0167. The van der Waals surface area contributed by atoms with E-state index in [0.717, 1.165) is 6.07 Å². The van der Waals surface area contributed by atoms with Gasteiger partial charge in [-0.15, -0.1) is 0 Å². The molecule has 0 saturated heterocycles. The molecular formula is C18H8Cl2F4O2. The Morgan fingerprint density at radius 2 is 1.58 bits per heavy atom. The van der Waals surface area contributed by atoms with Gasteiger partial charge in [-0.3, -0.25) is 0 Å². The van der Waals surface area contributed by atoms with E-state index in [0.29, 0.717) is 27.9 Å². The Balaban J connectivity index is 1.99. The number of carbonyl (C=O) groups excluding carboxylic acids is 1. The number of halogens is 6. The van der Waals surface area contributed by atoms with Crippen molar-refractivity contribution in [2.75, 3.05) is 0 Å². The predicted octanol–water partition coefficient (Wildman–Crippen LogP) is 6.52. The molecule has 134 valence electrons. The van der Waals surface area contributed by atoms with Crippen LogP contribution in [0.4, 0.5) is 17.6 Å². The van der Waals surface area contributed by atoms with Crippen molar-refractivity contribution in [2.24, 2.45) is 0 Å². The Kier molecular flexibility index (Phi) is 4.82. The van der Waals surface area contributed by atoms with Crippen molar-refractivity contribution in [1.29, 1.82) is 0 Å². The Morgan fingerprint density at radius 3 is 2.19 bits per heavy atom. The molecule has 0 aromatic heterocycles. The van der Waals surface area contributed by atoms with E-state index in [2.05, 4.69) is 0 Å². The van der Waals surface area contributed by atoms with Gasteiger partial charge in [-0.05, 0) is 24.3 Å². The molecule has 0 aliphatic heterocycles. The Morgan fingerprint density at radius 1 is 0.923 bits per heavy atom. The highest BCUT2D eigenvalue weighted by atomic mass is 35.5. The van der Waals surface area contributed by atoms with Gasteiger partial charge in [-0.25, -0.2) is 9.18 Å². The van der Waals surface area contributed by atoms with E-state index < -0.39 is 23.5 Å². The molecule has 3 aromatic rings. The molecule has 0 atom stereocenters. The number of esters is 1. The molecule has 0 unspecified atom stereocenters. The van der Waals surface area contributed by atoms with Gasteiger partial charge in [0.1, 0.15) is 5.82 Å². The van der Waals surface area contributed by atoms with Gasteiger partial charge in [-0.1, -0.05) is 47.5 Å². The van der Waals surface area contributed by atoms with Gasteiger partial charge in [0.25, 0.3) is 0 Å². The number of rotatable bonds is 2. The van der Waals surface area contributed by atoms with Crippen LogP contribution in [0.1, 0.15) is 15.9 Å². The Hall–Kier alpha value is -2.31. The lowest BCUT2D eigenvalue weighted by atomic mass is 10.1. The van der Waals surface area contributed by atoms with Crippen LogP contribution in [-0.4, -0.2) is 5.97 Å². The Labute approximate surface area is 154 Å². The van der Waals surface area contributed by atoms with E-state index >= 15 is 0 Å². The van der Waals surface area contributed by atoms with Crippen LogP contribution in [0.5, 0.6) is 5.75 Å². The first-order chi connectivity index (χ1) is 12.2. The number of hydrogen-bond acceptors (Lipinski definition) is 2. The van der Waals surface area contributed by atoms with Crippen LogP contribution in [0.2, 0.25) is 10.0 Å². The average molecular weight is 403 g/mol. The molecule has 0 aliphatic rings. The highest BCUT2D eigenvalue weighted by Gasteiger charge is 2.34. The minimum atomic E-state index is -4.86. The lowest BCUT2D eigenvalue weighted by Crippen LogP contribution is -2.13. The lowest BCUT2D eigenvalue weighted by Gasteiger charge is -2.12. The molecule has 3 aromatic carbocycles. The summed E-state index contributed by atoms with van der Waals surface area (Å²) >= 11 is 12.2. The summed E-state index contributed by atoms with van der Waals surface area (Å²) in [5, 5.41) is 1.38. The number of hydrogen-bond donors (Lipinski definition) is 0. The van der Waals surface area contributed by atoms with E-state index in [1.807, 2.05) is 0 Å². The molecule has 0 amide bonds. The molecule has 0 bridgehead atoms. The number of fused-ring (bicyclic) bond motifs is 1. The summed E-state index contributed by atoms with van der Waals surface area (Å²) in [5.74, 6) is -2.64. The third kappa shape index (κ3) is 3.48. The van der Waals surface area contributed by atoms with Crippen molar-refractivity contribution in [1.82, 2.24) is 0 Å². The Bertz CT molecular complexity index is 1020. The van der Waals surface area contributed by atoms with Gasteiger partial charge in [0, 0.05) is 10.8 Å². The molecule has 26 heavy (non-hydrogen) atoms. The largest absolute Gasteiger partial charge is 0.421 e. The maximum Gasteiger partial charge on any atom is 0.419 e. The zero-order valence-corrected chi connectivity index (χ0v) is 14.2. The van der Waals surface area contributed by atoms with E-state index in [1.54, 1.807) is 24.3 Å². The zero-order chi connectivity index (χ0) is 19.1. The second-order valence-electron chi connectivity index (χ2n) is 5.30. The van der Waals surface area contributed by atoms with Gasteiger partial charge in [0.15, 0.2) is 5.75 Å². The summed E-state index contributed by atoms with van der Waals surface area (Å²) < 4.78 is 56.7. The molecule has 3 rings (SSSR count). The second-order valence-corrected chi connectivity index (χ2v) is 6.11. The van der Waals surface area contributed by atoms with E-state index in [4.69, 9.17) is 27.9 Å². The molecule has 0 fully saturated rings. The number of carbonyl (C=O) groups is 1. The van der Waals surface area contributed by atoms with Crippen molar-refractivity contribution in [3.63, 3.8) is 0 Å². The molecule has 0 saturated carbocycles. The topological polar surface area (TPSA) is 26.3 Å². The summed E-state index contributed by atoms with van der Waals surface area (Å²) in [6.07, 6.45) is -4.86. The number of ether oxygens (including phenoxy) is 1. The molecular weight excluding hydrogens is 395 g/mol. The normalized spacial score (nSPS) is 11.6. The van der Waals surface area contributed by atoms with Crippen molar-refractivity contribution in [3.8, 4) is 5.75 Å². The minimum Gasteiger partial charge on any atom is -0.421 e. The SMILES string of the molecule is O=C(Oc1c(Cl)cc(Cl)c2ccccc12)c1ccc(C(F)(F)F)c(F)c1. The highest BCUT2D eigenvalue weighted by molar-refractivity contribution is 6.40. The van der Waals surface area contributed by atoms with Crippen molar-refractivity contribution in [3.05, 3.63) is 75.5 Å². The molecule has 0 aliphatic carbocycles. The standard InChI is InChI=1S/C18H8Cl2F4O2/c19-13-8-14(20)16(11-4-2-1-3-10(11)13)26-17(25)9-5-6-12(15(21)7-9)18(22,23)24/h1-8H. The van der Waals surface area contributed by atoms with Crippen molar-refractivity contribution >= 4 is 39.9 Å². The van der Waals surface area contributed by atoms with Crippen LogP contribution in [0.25, 0.3) is 10.8 Å². The molecule has 0 N–H and O–H groups in total.